The Balaban J connectivity index is 0.000000321. The first-order valence-corrected chi connectivity index (χ1v) is 7.05. The second-order valence-corrected chi connectivity index (χ2v) is 4.32. The van der Waals surface area contributed by atoms with Gasteiger partial charge in [-0.1, -0.05) is 42.5 Å². The molecule has 0 radical (unpaired) electrons. The first-order chi connectivity index (χ1) is 12.0. The van der Waals surface area contributed by atoms with Gasteiger partial charge in [0.15, 0.2) is 6.19 Å². The molecule has 0 aliphatic carbocycles. The van der Waals surface area contributed by atoms with Gasteiger partial charge in [-0.3, -0.25) is 0 Å². The zero-order valence-electron chi connectivity index (χ0n) is 13.4. The number of phenols is 4. The monoisotopic (exact) mass is 340 g/mol. The molecule has 6 nitrogen and oxygen atoms in total. The van der Waals surface area contributed by atoms with Crippen molar-refractivity contribution in [3.8, 4) is 29.2 Å². The van der Waals surface area contributed by atoms with Crippen LogP contribution < -0.4 is 5.73 Å². The van der Waals surface area contributed by atoms with E-state index in [-0.39, 0.29) is 11.5 Å². The molecule has 0 saturated heterocycles. The van der Waals surface area contributed by atoms with Gasteiger partial charge in [-0.05, 0) is 36.4 Å². The van der Waals surface area contributed by atoms with Crippen LogP contribution in [0.4, 0.5) is 0 Å². The van der Waals surface area contributed by atoms with Crippen LogP contribution in [0.25, 0.3) is 0 Å². The summed E-state index contributed by atoms with van der Waals surface area (Å²) in [6.45, 7) is 0. The third-order valence-electron chi connectivity index (χ3n) is 2.34. The lowest BCUT2D eigenvalue weighted by Gasteiger charge is -1.89. The molecule has 0 amide bonds. The van der Waals surface area contributed by atoms with Crippen molar-refractivity contribution in [1.82, 2.24) is 0 Å². The normalized spacial score (nSPS) is 7.96. The van der Waals surface area contributed by atoms with E-state index in [0.717, 1.165) is 0 Å². The minimum Gasteiger partial charge on any atom is -0.508 e. The van der Waals surface area contributed by atoms with Crippen molar-refractivity contribution in [2.75, 3.05) is 0 Å². The molecule has 0 saturated carbocycles. The molecule has 3 aromatic rings. The maximum atomic E-state index is 8.65. The average molecular weight is 340 g/mol. The van der Waals surface area contributed by atoms with Gasteiger partial charge >= 0.3 is 0 Å². The molecule has 0 bridgehead atoms. The van der Waals surface area contributed by atoms with Gasteiger partial charge in [-0.15, -0.1) is 0 Å². The summed E-state index contributed by atoms with van der Waals surface area (Å²) >= 11 is 0. The molecule has 0 heterocycles. The summed E-state index contributed by atoms with van der Waals surface area (Å²) in [5.41, 5.74) is 4.15. The molecular weight excluding hydrogens is 320 g/mol. The summed E-state index contributed by atoms with van der Waals surface area (Å²) in [5, 5.41) is 41.7. The second-order valence-electron chi connectivity index (χ2n) is 4.32. The van der Waals surface area contributed by atoms with Gasteiger partial charge in [0.1, 0.15) is 23.0 Å². The lowest BCUT2D eigenvalue weighted by Crippen LogP contribution is -1.69. The lowest BCUT2D eigenvalue weighted by molar-refractivity contribution is 0.450. The molecule has 130 valence electrons. The van der Waals surface area contributed by atoms with Crippen molar-refractivity contribution in [3.63, 3.8) is 0 Å². The topological polar surface area (TPSA) is 131 Å². The number of para-hydroxylation sites is 2. The number of nitriles is 1. The van der Waals surface area contributed by atoms with Crippen LogP contribution in [0.2, 0.25) is 0 Å². The third-order valence-corrected chi connectivity index (χ3v) is 2.34. The van der Waals surface area contributed by atoms with Gasteiger partial charge in [-0.2, -0.15) is 5.26 Å². The van der Waals surface area contributed by atoms with Gasteiger partial charge in [0.2, 0.25) is 0 Å². The SMILES string of the molecule is N#CN.Oc1cccc(O)c1.Oc1ccccc1.Oc1ccccc1. The summed E-state index contributed by atoms with van der Waals surface area (Å²) < 4.78 is 0. The van der Waals surface area contributed by atoms with Crippen molar-refractivity contribution >= 4 is 0 Å². The van der Waals surface area contributed by atoms with E-state index in [1.165, 1.54) is 24.4 Å². The van der Waals surface area contributed by atoms with E-state index < -0.39 is 0 Å². The van der Waals surface area contributed by atoms with Crippen LogP contribution in [0.3, 0.4) is 0 Å². The molecule has 0 aliphatic rings. The largest absolute Gasteiger partial charge is 0.508 e. The smallest absolute Gasteiger partial charge is 0.173 e. The third kappa shape index (κ3) is 13.5. The highest BCUT2D eigenvalue weighted by Crippen LogP contribution is 2.14. The molecule has 6 heteroatoms. The zero-order chi connectivity index (χ0) is 18.9. The van der Waals surface area contributed by atoms with Crippen molar-refractivity contribution in [3.05, 3.63) is 84.9 Å². The predicted molar refractivity (Wildman–Crippen MR) is 95.8 cm³/mol. The van der Waals surface area contributed by atoms with E-state index in [0.29, 0.717) is 11.5 Å². The van der Waals surface area contributed by atoms with Crippen LogP contribution in [-0.4, -0.2) is 20.4 Å². The highest BCUT2D eigenvalue weighted by atomic mass is 16.3. The molecule has 6 N–H and O–H groups in total. The van der Waals surface area contributed by atoms with Crippen molar-refractivity contribution in [2.45, 2.75) is 0 Å². The molecular formula is C19H20N2O4. The van der Waals surface area contributed by atoms with E-state index in [1.54, 1.807) is 54.6 Å². The molecule has 0 spiro atoms. The Morgan fingerprint density at radius 2 is 0.840 bits per heavy atom. The van der Waals surface area contributed by atoms with Crippen molar-refractivity contribution in [1.29, 1.82) is 5.26 Å². The van der Waals surface area contributed by atoms with Gasteiger partial charge in [0.25, 0.3) is 0 Å². The maximum Gasteiger partial charge on any atom is 0.173 e. The highest BCUT2D eigenvalue weighted by molar-refractivity contribution is 5.30. The molecule has 3 rings (SSSR count). The van der Waals surface area contributed by atoms with Crippen molar-refractivity contribution in [2.24, 2.45) is 5.73 Å². The van der Waals surface area contributed by atoms with Gasteiger partial charge in [-0.25, -0.2) is 0 Å². The number of nitrogens with zero attached hydrogens (tertiary/aromatic N) is 1. The van der Waals surface area contributed by atoms with Crippen LogP contribution in [0.1, 0.15) is 0 Å². The van der Waals surface area contributed by atoms with Crippen LogP contribution in [0.15, 0.2) is 84.9 Å². The molecule has 0 aromatic heterocycles. The number of aromatic hydroxyl groups is 4. The van der Waals surface area contributed by atoms with E-state index in [1.807, 2.05) is 12.1 Å². The second kappa shape index (κ2) is 13.8. The number of benzene rings is 3. The van der Waals surface area contributed by atoms with Crippen LogP contribution >= 0.6 is 0 Å². The van der Waals surface area contributed by atoms with Crippen LogP contribution in [0, 0.1) is 11.5 Å². The quantitative estimate of drug-likeness (QED) is 0.315. The van der Waals surface area contributed by atoms with E-state index in [4.69, 9.17) is 25.7 Å². The number of nitrogens with two attached hydrogens (primary N) is 1. The van der Waals surface area contributed by atoms with Gasteiger partial charge in [0, 0.05) is 6.07 Å². The predicted octanol–water partition coefficient (Wildman–Crippen LogP) is 3.31. The zero-order valence-corrected chi connectivity index (χ0v) is 13.4. The molecule has 0 aliphatic heterocycles. The maximum absolute atomic E-state index is 8.65. The summed E-state index contributed by atoms with van der Waals surface area (Å²) in [6, 6.07) is 23.3. The van der Waals surface area contributed by atoms with E-state index in [2.05, 4.69) is 5.73 Å². The van der Waals surface area contributed by atoms with Gasteiger partial charge < -0.3 is 26.2 Å². The summed E-state index contributed by atoms with van der Waals surface area (Å²) in [5.74, 6) is 0.819. The number of hydrogen-bond acceptors (Lipinski definition) is 6. The Kier molecular flexibility index (Phi) is 11.7. The lowest BCUT2D eigenvalue weighted by atomic mass is 10.3. The number of hydrogen-bond donors (Lipinski definition) is 5. The fraction of sp³-hybridized carbons (Fsp3) is 0. The summed E-state index contributed by atoms with van der Waals surface area (Å²) in [7, 11) is 0. The Bertz CT molecular complexity index is 674. The average Bonchev–Trinajstić information content (AvgIpc) is 2.58. The van der Waals surface area contributed by atoms with Crippen LogP contribution in [-0.2, 0) is 0 Å². The summed E-state index contributed by atoms with van der Waals surface area (Å²) in [6.07, 6.45) is 1.25. The first kappa shape index (κ1) is 21.1. The molecule has 3 aromatic carbocycles. The Morgan fingerprint density at radius 1 is 0.560 bits per heavy atom. The Hall–Kier alpha value is -3.85. The first-order valence-electron chi connectivity index (χ1n) is 7.05. The van der Waals surface area contributed by atoms with E-state index in [9.17, 15) is 0 Å². The molecule has 25 heavy (non-hydrogen) atoms. The van der Waals surface area contributed by atoms with Gasteiger partial charge in [0.05, 0.1) is 0 Å². The molecule has 0 fully saturated rings. The Morgan fingerprint density at radius 3 is 1.00 bits per heavy atom. The minimum absolute atomic E-state index is 0.0880. The number of phenolic OH excluding ortho intramolecular Hbond substituents is 4. The van der Waals surface area contributed by atoms with E-state index >= 15 is 0 Å². The molecule has 0 atom stereocenters. The molecule has 0 unspecified atom stereocenters. The number of rotatable bonds is 0. The highest BCUT2D eigenvalue weighted by Gasteiger charge is 1.85. The summed E-state index contributed by atoms with van der Waals surface area (Å²) in [4.78, 5) is 0. The Labute approximate surface area is 146 Å². The minimum atomic E-state index is 0.0880. The van der Waals surface area contributed by atoms with Crippen molar-refractivity contribution < 1.29 is 20.4 Å². The fourth-order valence-electron chi connectivity index (χ4n) is 1.35. The van der Waals surface area contributed by atoms with Crippen LogP contribution in [0.5, 0.6) is 23.0 Å². The standard InChI is InChI=1S/C6H6O2.2C6H6O.CH2N2/c7-5-2-1-3-6(8)4-5;2*7-6-4-2-1-3-5-6;2-1-3/h1-4,7-8H;2*1-5,7H;2H2. The fourth-order valence-corrected chi connectivity index (χ4v) is 1.35.